The van der Waals surface area contributed by atoms with Crippen molar-refractivity contribution in [3.05, 3.63) is 29.8 Å². The van der Waals surface area contributed by atoms with Gasteiger partial charge in [-0.25, -0.2) is 0 Å². The third-order valence-electron chi connectivity index (χ3n) is 2.84. The maximum Gasteiger partial charge on any atom is 0.306 e. The second-order valence-electron chi connectivity index (χ2n) is 5.49. The monoisotopic (exact) mass is 268 g/mol. The molecule has 0 heterocycles. The first kappa shape index (κ1) is 14.9. The molecule has 1 aromatic carbocycles. The van der Waals surface area contributed by atoms with E-state index in [1.54, 1.807) is 6.07 Å². The molecule has 0 spiro atoms. The van der Waals surface area contributed by atoms with Crippen LogP contribution in [0.25, 0.3) is 0 Å². The minimum Gasteiger partial charge on any atom is -0.481 e. The average molecular weight is 268 g/mol. The van der Waals surface area contributed by atoms with Crippen LogP contribution in [0.3, 0.4) is 0 Å². The summed E-state index contributed by atoms with van der Waals surface area (Å²) >= 11 is 0. The summed E-state index contributed by atoms with van der Waals surface area (Å²) in [5.74, 6) is -1.12. The van der Waals surface area contributed by atoms with E-state index in [0.717, 1.165) is 0 Å². The van der Waals surface area contributed by atoms with E-state index >= 15 is 0 Å². The highest BCUT2D eigenvalue weighted by molar-refractivity contribution is 6.88. The highest BCUT2D eigenvalue weighted by atomic mass is 28.3. The molecule has 0 bridgehead atoms. The Bertz CT molecular complexity index is 425. The first-order chi connectivity index (χ1) is 8.21. The van der Waals surface area contributed by atoms with Gasteiger partial charge in [0.2, 0.25) is 0 Å². The first-order valence-corrected chi connectivity index (χ1v) is 9.40. The van der Waals surface area contributed by atoms with Gasteiger partial charge in [-0.05, 0) is 5.56 Å². The van der Waals surface area contributed by atoms with Crippen molar-refractivity contribution in [1.82, 2.24) is 0 Å². The summed E-state index contributed by atoms with van der Waals surface area (Å²) in [6, 6.07) is 7.41. The highest BCUT2D eigenvalue weighted by Crippen LogP contribution is 2.19. The predicted molar refractivity (Wildman–Crippen MR) is 72.6 cm³/mol. The quantitative estimate of drug-likeness (QED) is 0.699. The first-order valence-electron chi connectivity index (χ1n) is 5.90. The lowest BCUT2D eigenvalue weighted by atomic mass is 10.0. The Balaban J connectivity index is 2.93. The number of hydrogen-bond donors (Lipinski definition) is 3. The normalized spacial score (nSPS) is 15.2. The van der Waals surface area contributed by atoms with Crippen LogP contribution in [0, 0.1) is 0 Å². The second kappa shape index (κ2) is 5.64. The third kappa shape index (κ3) is 3.94. The molecule has 0 aliphatic heterocycles. The van der Waals surface area contributed by atoms with E-state index in [2.05, 4.69) is 19.6 Å². The number of rotatable bonds is 5. The fraction of sp³-hybridized carbons (Fsp3) is 0.462. The van der Waals surface area contributed by atoms with Gasteiger partial charge in [0.1, 0.15) is 6.10 Å². The molecule has 3 N–H and O–H groups in total. The Morgan fingerprint density at radius 1 is 1.28 bits per heavy atom. The van der Waals surface area contributed by atoms with Crippen LogP contribution < -0.4 is 5.19 Å². The smallest absolute Gasteiger partial charge is 0.306 e. The van der Waals surface area contributed by atoms with Crippen molar-refractivity contribution < 1.29 is 20.1 Å². The molecular formula is C13H20O4Si. The molecule has 0 amide bonds. The molecule has 4 nitrogen and oxygen atoms in total. The predicted octanol–water partition coefficient (Wildman–Crippen LogP) is 1.10. The van der Waals surface area contributed by atoms with Crippen LogP contribution in [0.4, 0.5) is 0 Å². The summed E-state index contributed by atoms with van der Waals surface area (Å²) in [5, 5.41) is 29.3. The topological polar surface area (TPSA) is 77.8 Å². The average Bonchev–Trinajstić information content (AvgIpc) is 2.26. The van der Waals surface area contributed by atoms with Crippen LogP contribution in [0.5, 0.6) is 0 Å². The molecule has 2 atom stereocenters. The van der Waals surface area contributed by atoms with Gasteiger partial charge >= 0.3 is 5.97 Å². The number of aliphatic hydroxyl groups is 2. The van der Waals surface area contributed by atoms with Gasteiger partial charge in [0, 0.05) is 0 Å². The highest BCUT2D eigenvalue weighted by Gasteiger charge is 2.23. The zero-order valence-corrected chi connectivity index (χ0v) is 11.9. The standard InChI is InChI=1S/C13H20O4Si/c1-18(2,3)10-6-4-5-9(7-10)13(17)11(14)8-12(15)16/h4-7,11,13-14,17H,8H2,1-3H3,(H,15,16). The van der Waals surface area contributed by atoms with Crippen LogP contribution in [-0.2, 0) is 4.79 Å². The maximum absolute atomic E-state index is 10.5. The zero-order valence-electron chi connectivity index (χ0n) is 10.9. The number of carboxylic acid groups (broad SMARTS) is 1. The summed E-state index contributed by atoms with van der Waals surface area (Å²) in [7, 11) is -1.49. The summed E-state index contributed by atoms with van der Waals surface area (Å²) < 4.78 is 0. The number of aliphatic hydroxyl groups excluding tert-OH is 2. The number of carboxylic acids is 1. The Morgan fingerprint density at radius 2 is 1.89 bits per heavy atom. The van der Waals surface area contributed by atoms with E-state index in [0.29, 0.717) is 5.56 Å². The van der Waals surface area contributed by atoms with Gasteiger partial charge in [0.15, 0.2) is 0 Å². The number of benzene rings is 1. The van der Waals surface area contributed by atoms with Gasteiger partial charge in [0.25, 0.3) is 0 Å². The van der Waals surface area contributed by atoms with Crippen LogP contribution in [0.2, 0.25) is 19.6 Å². The number of hydrogen-bond acceptors (Lipinski definition) is 3. The largest absolute Gasteiger partial charge is 0.481 e. The van der Waals surface area contributed by atoms with Crippen LogP contribution in [-0.4, -0.2) is 35.5 Å². The van der Waals surface area contributed by atoms with Crippen LogP contribution in [0.1, 0.15) is 18.1 Å². The molecule has 5 heteroatoms. The molecular weight excluding hydrogens is 248 g/mol. The fourth-order valence-electron chi connectivity index (χ4n) is 1.70. The van der Waals surface area contributed by atoms with Crippen LogP contribution >= 0.6 is 0 Å². The van der Waals surface area contributed by atoms with Gasteiger partial charge in [0.05, 0.1) is 20.6 Å². The minimum absolute atomic E-state index is 0.460. The summed E-state index contributed by atoms with van der Waals surface area (Å²) in [6.07, 6.45) is -2.89. The molecule has 0 aromatic heterocycles. The summed E-state index contributed by atoms with van der Waals surface area (Å²) in [4.78, 5) is 10.5. The molecule has 0 saturated carbocycles. The maximum atomic E-state index is 10.5. The molecule has 0 aliphatic rings. The molecule has 2 unspecified atom stereocenters. The lowest BCUT2D eigenvalue weighted by molar-refractivity contribution is -0.141. The van der Waals surface area contributed by atoms with Crippen molar-refractivity contribution in [1.29, 1.82) is 0 Å². The lowest BCUT2D eigenvalue weighted by Gasteiger charge is -2.21. The van der Waals surface area contributed by atoms with Crippen molar-refractivity contribution >= 4 is 19.2 Å². The molecule has 1 aromatic rings. The van der Waals surface area contributed by atoms with E-state index in [-0.39, 0.29) is 0 Å². The lowest BCUT2D eigenvalue weighted by Crippen LogP contribution is -2.38. The molecule has 0 radical (unpaired) electrons. The van der Waals surface area contributed by atoms with E-state index in [1.165, 1.54) is 5.19 Å². The number of carbonyl (C=O) groups is 1. The third-order valence-corrected chi connectivity index (χ3v) is 4.89. The summed E-state index contributed by atoms with van der Waals surface area (Å²) in [6.45, 7) is 6.56. The molecule has 0 saturated heterocycles. The van der Waals surface area contributed by atoms with Gasteiger partial charge in [-0.1, -0.05) is 49.1 Å². The van der Waals surface area contributed by atoms with E-state index in [1.807, 2.05) is 18.2 Å². The molecule has 18 heavy (non-hydrogen) atoms. The minimum atomic E-state index is -1.49. The van der Waals surface area contributed by atoms with Crippen molar-refractivity contribution in [2.24, 2.45) is 0 Å². The van der Waals surface area contributed by atoms with Crippen molar-refractivity contribution in [3.63, 3.8) is 0 Å². The Labute approximate surface area is 108 Å². The Hall–Kier alpha value is -1.17. The van der Waals surface area contributed by atoms with Gasteiger partial charge in [-0.3, -0.25) is 4.79 Å². The van der Waals surface area contributed by atoms with Gasteiger partial charge < -0.3 is 15.3 Å². The van der Waals surface area contributed by atoms with E-state index in [4.69, 9.17) is 5.11 Å². The summed E-state index contributed by atoms with van der Waals surface area (Å²) in [5.41, 5.74) is 0.573. The van der Waals surface area contributed by atoms with E-state index < -0.39 is 32.7 Å². The van der Waals surface area contributed by atoms with Crippen LogP contribution in [0.15, 0.2) is 24.3 Å². The van der Waals surface area contributed by atoms with Crippen molar-refractivity contribution in [2.75, 3.05) is 0 Å². The van der Waals surface area contributed by atoms with Gasteiger partial charge in [-0.15, -0.1) is 0 Å². The second-order valence-corrected chi connectivity index (χ2v) is 10.6. The van der Waals surface area contributed by atoms with E-state index in [9.17, 15) is 15.0 Å². The molecule has 0 aliphatic carbocycles. The Kier molecular flexibility index (Phi) is 4.67. The number of aliphatic carboxylic acids is 1. The zero-order chi connectivity index (χ0) is 13.9. The molecule has 1 rings (SSSR count). The fourth-order valence-corrected chi connectivity index (χ4v) is 2.90. The van der Waals surface area contributed by atoms with Crippen molar-refractivity contribution in [2.45, 2.75) is 38.3 Å². The van der Waals surface area contributed by atoms with Gasteiger partial charge in [-0.2, -0.15) is 0 Å². The SMILES string of the molecule is C[Si](C)(C)c1cccc(C(O)C(O)CC(=O)O)c1. The molecule has 0 fully saturated rings. The molecule has 100 valence electrons. The Morgan fingerprint density at radius 3 is 2.39 bits per heavy atom. The van der Waals surface area contributed by atoms with Crippen molar-refractivity contribution in [3.8, 4) is 0 Å².